The minimum absolute atomic E-state index is 0.0592. The first-order valence-corrected chi connectivity index (χ1v) is 7.07. The lowest BCUT2D eigenvalue weighted by Crippen LogP contribution is -2.32. The van der Waals surface area contributed by atoms with E-state index in [-0.39, 0.29) is 10.9 Å². The van der Waals surface area contributed by atoms with Crippen molar-refractivity contribution in [3.8, 4) is 0 Å². The van der Waals surface area contributed by atoms with Gasteiger partial charge in [0.25, 0.3) is 0 Å². The predicted octanol–water partition coefficient (Wildman–Crippen LogP) is 1.96. The Kier molecular flexibility index (Phi) is 3.47. The Morgan fingerprint density at radius 2 is 2.00 bits per heavy atom. The molecule has 6 heteroatoms. The van der Waals surface area contributed by atoms with Gasteiger partial charge in [-0.3, -0.25) is 4.98 Å². The van der Waals surface area contributed by atoms with E-state index in [9.17, 15) is 8.42 Å². The van der Waals surface area contributed by atoms with Gasteiger partial charge in [0, 0.05) is 18.4 Å². The lowest BCUT2D eigenvalue weighted by molar-refractivity contribution is 0.552. The highest BCUT2D eigenvalue weighted by atomic mass is 35.5. The Morgan fingerprint density at radius 3 is 2.62 bits per heavy atom. The van der Waals surface area contributed by atoms with Crippen LogP contribution in [-0.4, -0.2) is 19.4 Å². The molecule has 2 rings (SSSR count). The Bertz CT molecular complexity index is 469. The van der Waals surface area contributed by atoms with E-state index in [4.69, 9.17) is 11.6 Å². The molecule has 0 amide bonds. The molecule has 0 bridgehead atoms. The number of rotatable bonds is 3. The van der Waals surface area contributed by atoms with Crippen molar-refractivity contribution in [3.63, 3.8) is 0 Å². The molecule has 0 atom stereocenters. The highest BCUT2D eigenvalue weighted by molar-refractivity contribution is 7.89. The average Bonchev–Trinajstić information content (AvgIpc) is 2.70. The van der Waals surface area contributed by atoms with Crippen molar-refractivity contribution in [2.75, 3.05) is 0 Å². The SMILES string of the molecule is O=S(=O)(NC1CCCC1)c1cncc(Cl)c1. The molecule has 1 fully saturated rings. The third kappa shape index (κ3) is 2.72. The van der Waals surface area contributed by atoms with Crippen molar-refractivity contribution in [2.24, 2.45) is 0 Å². The van der Waals surface area contributed by atoms with Gasteiger partial charge in [0.2, 0.25) is 10.0 Å². The van der Waals surface area contributed by atoms with E-state index in [1.807, 2.05) is 0 Å². The van der Waals surface area contributed by atoms with Gasteiger partial charge in [-0.2, -0.15) is 0 Å². The molecule has 1 heterocycles. The molecule has 0 unspecified atom stereocenters. The van der Waals surface area contributed by atoms with E-state index in [2.05, 4.69) is 9.71 Å². The summed E-state index contributed by atoms with van der Waals surface area (Å²) in [5, 5.41) is 0.328. The third-order valence-electron chi connectivity index (χ3n) is 2.67. The number of halogens is 1. The number of hydrogen-bond donors (Lipinski definition) is 1. The van der Waals surface area contributed by atoms with Crippen molar-refractivity contribution < 1.29 is 8.42 Å². The van der Waals surface area contributed by atoms with Gasteiger partial charge < -0.3 is 0 Å². The summed E-state index contributed by atoms with van der Waals surface area (Å²) in [5.41, 5.74) is 0. The lowest BCUT2D eigenvalue weighted by Gasteiger charge is -2.12. The van der Waals surface area contributed by atoms with Crippen molar-refractivity contribution in [1.29, 1.82) is 0 Å². The maximum Gasteiger partial charge on any atom is 0.242 e. The van der Waals surface area contributed by atoms with E-state index in [0.717, 1.165) is 25.7 Å². The second kappa shape index (κ2) is 4.69. The quantitative estimate of drug-likeness (QED) is 0.904. The van der Waals surface area contributed by atoms with Gasteiger partial charge in [-0.1, -0.05) is 24.4 Å². The maximum absolute atomic E-state index is 11.9. The Balaban J connectivity index is 2.18. The Hall–Kier alpha value is -0.650. The van der Waals surface area contributed by atoms with Crippen LogP contribution < -0.4 is 4.72 Å². The minimum Gasteiger partial charge on any atom is -0.262 e. The van der Waals surface area contributed by atoms with E-state index in [1.165, 1.54) is 18.5 Å². The summed E-state index contributed by atoms with van der Waals surface area (Å²) in [6.45, 7) is 0. The zero-order chi connectivity index (χ0) is 11.6. The van der Waals surface area contributed by atoms with Crippen LogP contribution in [-0.2, 0) is 10.0 Å². The second-order valence-electron chi connectivity index (χ2n) is 3.94. The van der Waals surface area contributed by atoms with Gasteiger partial charge in [-0.15, -0.1) is 0 Å². The molecule has 1 aliphatic carbocycles. The summed E-state index contributed by atoms with van der Waals surface area (Å²) in [6.07, 6.45) is 6.71. The van der Waals surface area contributed by atoms with Crippen LogP contribution in [0.15, 0.2) is 23.4 Å². The first kappa shape index (κ1) is 11.8. The van der Waals surface area contributed by atoms with E-state index < -0.39 is 10.0 Å². The molecular formula is C10H13ClN2O2S. The maximum atomic E-state index is 11.9. The number of hydrogen-bond acceptors (Lipinski definition) is 3. The third-order valence-corrected chi connectivity index (χ3v) is 4.36. The van der Waals surface area contributed by atoms with E-state index >= 15 is 0 Å². The summed E-state index contributed by atoms with van der Waals surface area (Å²) in [4.78, 5) is 3.91. The molecule has 1 aromatic heterocycles. The van der Waals surface area contributed by atoms with Crippen LogP contribution >= 0.6 is 11.6 Å². The van der Waals surface area contributed by atoms with Gasteiger partial charge in [0.1, 0.15) is 4.90 Å². The summed E-state index contributed by atoms with van der Waals surface area (Å²) >= 11 is 5.71. The molecule has 1 aliphatic rings. The number of pyridine rings is 1. The van der Waals surface area contributed by atoms with Gasteiger partial charge in [-0.25, -0.2) is 13.1 Å². The molecule has 16 heavy (non-hydrogen) atoms. The molecule has 0 saturated heterocycles. The fourth-order valence-electron chi connectivity index (χ4n) is 1.87. The molecule has 88 valence electrons. The number of aromatic nitrogens is 1. The van der Waals surface area contributed by atoms with Gasteiger partial charge >= 0.3 is 0 Å². The highest BCUT2D eigenvalue weighted by Crippen LogP contribution is 2.21. The predicted molar refractivity (Wildman–Crippen MR) is 61.8 cm³/mol. The second-order valence-corrected chi connectivity index (χ2v) is 6.09. The van der Waals surface area contributed by atoms with E-state index in [1.54, 1.807) is 0 Å². The average molecular weight is 261 g/mol. The molecular weight excluding hydrogens is 248 g/mol. The first-order valence-electron chi connectivity index (χ1n) is 5.21. The van der Waals surface area contributed by atoms with Crippen LogP contribution in [0.25, 0.3) is 0 Å². The smallest absolute Gasteiger partial charge is 0.242 e. The molecule has 0 aliphatic heterocycles. The number of nitrogens with zero attached hydrogens (tertiary/aromatic N) is 1. The summed E-state index contributed by atoms with van der Waals surface area (Å²) < 4.78 is 26.5. The van der Waals surface area contributed by atoms with Gasteiger partial charge in [0.05, 0.1) is 5.02 Å². The molecule has 1 N–H and O–H groups in total. The molecule has 4 nitrogen and oxygen atoms in total. The van der Waals surface area contributed by atoms with Gasteiger partial charge in [-0.05, 0) is 18.9 Å². The number of nitrogens with one attached hydrogen (secondary N) is 1. The summed E-state index contributed by atoms with van der Waals surface area (Å²) in [6, 6.07) is 1.47. The molecule has 1 aromatic rings. The number of sulfonamides is 1. The van der Waals surface area contributed by atoms with Crippen LogP contribution in [0.4, 0.5) is 0 Å². The fourth-order valence-corrected chi connectivity index (χ4v) is 3.40. The van der Waals surface area contributed by atoms with E-state index in [0.29, 0.717) is 5.02 Å². The fraction of sp³-hybridized carbons (Fsp3) is 0.500. The normalized spacial score (nSPS) is 17.8. The van der Waals surface area contributed by atoms with Crippen molar-refractivity contribution in [3.05, 3.63) is 23.5 Å². The van der Waals surface area contributed by atoms with Crippen LogP contribution in [0.3, 0.4) is 0 Å². The summed E-state index contributed by atoms with van der Waals surface area (Å²) in [5.74, 6) is 0. The van der Waals surface area contributed by atoms with Crippen LogP contribution in [0.2, 0.25) is 5.02 Å². The van der Waals surface area contributed by atoms with Crippen LogP contribution in [0.5, 0.6) is 0 Å². The Labute approximate surface area is 100 Å². The highest BCUT2D eigenvalue weighted by Gasteiger charge is 2.23. The monoisotopic (exact) mass is 260 g/mol. The largest absolute Gasteiger partial charge is 0.262 e. The van der Waals surface area contributed by atoms with Crippen molar-refractivity contribution >= 4 is 21.6 Å². The molecule has 0 spiro atoms. The van der Waals surface area contributed by atoms with Crippen LogP contribution in [0, 0.1) is 0 Å². The molecule has 0 aromatic carbocycles. The van der Waals surface area contributed by atoms with Gasteiger partial charge in [0.15, 0.2) is 0 Å². The zero-order valence-electron chi connectivity index (χ0n) is 8.69. The summed E-state index contributed by atoms with van der Waals surface area (Å²) in [7, 11) is -3.46. The zero-order valence-corrected chi connectivity index (χ0v) is 10.3. The standard InChI is InChI=1S/C10H13ClN2O2S/c11-8-5-10(7-12-6-8)16(14,15)13-9-3-1-2-4-9/h5-7,9,13H,1-4H2. The minimum atomic E-state index is -3.46. The molecule has 1 saturated carbocycles. The first-order chi connectivity index (χ1) is 7.58. The van der Waals surface area contributed by atoms with Crippen molar-refractivity contribution in [1.82, 2.24) is 9.71 Å². The Morgan fingerprint density at radius 1 is 1.31 bits per heavy atom. The van der Waals surface area contributed by atoms with Crippen molar-refractivity contribution in [2.45, 2.75) is 36.6 Å². The molecule has 0 radical (unpaired) electrons. The topological polar surface area (TPSA) is 59.1 Å². The lowest BCUT2D eigenvalue weighted by atomic mass is 10.3. The van der Waals surface area contributed by atoms with Crippen LogP contribution in [0.1, 0.15) is 25.7 Å².